The quantitative estimate of drug-likeness (QED) is 0.749. The normalized spacial score (nSPS) is 10.9. The average Bonchev–Trinajstić information content (AvgIpc) is 2.17. The minimum atomic E-state index is 0.239. The van der Waals surface area contributed by atoms with E-state index in [4.69, 9.17) is 11.5 Å². The van der Waals surface area contributed by atoms with Crippen LogP contribution in [0.4, 0.5) is 11.6 Å². The van der Waals surface area contributed by atoms with E-state index in [2.05, 4.69) is 21.0 Å². The Bertz CT molecular complexity index is 266. The summed E-state index contributed by atoms with van der Waals surface area (Å²) in [6.45, 7) is 3.99. The monoisotopic (exact) mass is 218 g/mol. The van der Waals surface area contributed by atoms with Crippen molar-refractivity contribution in [1.82, 2.24) is 9.78 Å². The number of anilines is 2. The van der Waals surface area contributed by atoms with Crippen molar-refractivity contribution in [3.63, 3.8) is 0 Å². The second-order valence-electron chi connectivity index (χ2n) is 2.62. The molecule has 0 bridgehead atoms. The Morgan fingerprint density at radius 3 is 2.18 bits per heavy atom. The second-order valence-corrected chi connectivity index (χ2v) is 3.42. The van der Waals surface area contributed by atoms with E-state index in [9.17, 15) is 0 Å². The van der Waals surface area contributed by atoms with Crippen molar-refractivity contribution in [2.45, 2.75) is 19.9 Å². The maximum atomic E-state index is 5.68. The lowest BCUT2D eigenvalue weighted by molar-refractivity contribution is 0.542. The Kier molecular flexibility index (Phi) is 2.08. The number of aromatic nitrogens is 2. The van der Waals surface area contributed by atoms with Gasteiger partial charge in [0.05, 0.1) is 0 Å². The van der Waals surface area contributed by atoms with Gasteiger partial charge in [0, 0.05) is 6.04 Å². The molecule has 11 heavy (non-hydrogen) atoms. The molecule has 1 rings (SSSR count). The molecule has 1 aromatic rings. The van der Waals surface area contributed by atoms with Gasteiger partial charge in [-0.25, -0.2) is 4.68 Å². The van der Waals surface area contributed by atoms with Gasteiger partial charge in [0.25, 0.3) is 0 Å². The van der Waals surface area contributed by atoms with Gasteiger partial charge in [-0.1, -0.05) is 0 Å². The molecule has 0 atom stereocenters. The lowest BCUT2D eigenvalue weighted by Gasteiger charge is -2.06. The van der Waals surface area contributed by atoms with Crippen LogP contribution in [0.25, 0.3) is 0 Å². The molecular formula is C6H11BrN4. The number of hydrogen-bond acceptors (Lipinski definition) is 3. The van der Waals surface area contributed by atoms with E-state index in [1.807, 2.05) is 13.8 Å². The molecule has 0 saturated heterocycles. The third-order valence-corrected chi connectivity index (χ3v) is 2.21. The van der Waals surface area contributed by atoms with Crippen LogP contribution in [0, 0.1) is 0 Å². The van der Waals surface area contributed by atoms with Gasteiger partial charge >= 0.3 is 0 Å². The number of hydrogen-bond donors (Lipinski definition) is 2. The number of nitrogens with two attached hydrogens (primary N) is 2. The van der Waals surface area contributed by atoms with Crippen LogP contribution >= 0.6 is 15.9 Å². The van der Waals surface area contributed by atoms with Crippen LogP contribution in [-0.2, 0) is 0 Å². The van der Waals surface area contributed by atoms with Crippen LogP contribution in [-0.4, -0.2) is 9.78 Å². The number of halogens is 1. The van der Waals surface area contributed by atoms with Gasteiger partial charge in [-0.15, -0.1) is 0 Å². The Balaban J connectivity index is 3.19. The molecule has 1 heterocycles. The first kappa shape index (κ1) is 8.39. The van der Waals surface area contributed by atoms with E-state index in [0.29, 0.717) is 16.1 Å². The smallest absolute Gasteiger partial charge is 0.162 e. The van der Waals surface area contributed by atoms with E-state index in [1.54, 1.807) is 4.68 Å². The molecule has 0 amide bonds. The maximum absolute atomic E-state index is 5.68. The van der Waals surface area contributed by atoms with E-state index in [-0.39, 0.29) is 6.04 Å². The standard InChI is InChI=1S/C6H11BrN4/c1-3(2)11-6(9)4(7)5(8)10-11/h3H,9H2,1-2H3,(H2,8,10). The summed E-state index contributed by atoms with van der Waals surface area (Å²) >= 11 is 3.23. The first-order valence-corrected chi connectivity index (χ1v) is 4.12. The Hall–Kier alpha value is -0.710. The van der Waals surface area contributed by atoms with Gasteiger partial charge in [-0.2, -0.15) is 5.10 Å². The molecule has 5 heteroatoms. The Labute approximate surface area is 73.7 Å². The van der Waals surface area contributed by atoms with Gasteiger partial charge in [-0.3, -0.25) is 0 Å². The third-order valence-electron chi connectivity index (χ3n) is 1.40. The lowest BCUT2D eigenvalue weighted by atomic mass is 10.4. The summed E-state index contributed by atoms with van der Waals surface area (Å²) in [5, 5.41) is 4.03. The van der Waals surface area contributed by atoms with E-state index in [1.165, 1.54) is 0 Å². The summed E-state index contributed by atoms with van der Waals surface area (Å²) in [6, 6.07) is 0.239. The molecule has 4 N–H and O–H groups in total. The van der Waals surface area contributed by atoms with E-state index in [0.717, 1.165) is 0 Å². The molecule has 1 aromatic heterocycles. The van der Waals surface area contributed by atoms with E-state index < -0.39 is 0 Å². The summed E-state index contributed by atoms with van der Waals surface area (Å²) in [5.41, 5.74) is 11.2. The van der Waals surface area contributed by atoms with Crippen molar-refractivity contribution in [1.29, 1.82) is 0 Å². The number of nitrogen functional groups attached to an aromatic ring is 2. The molecule has 4 nitrogen and oxygen atoms in total. The van der Waals surface area contributed by atoms with Crippen molar-refractivity contribution in [3.8, 4) is 0 Å². The van der Waals surface area contributed by atoms with Gasteiger partial charge < -0.3 is 11.5 Å². The first-order chi connectivity index (χ1) is 5.04. The Morgan fingerprint density at radius 1 is 1.45 bits per heavy atom. The molecule has 0 spiro atoms. The molecule has 62 valence electrons. The van der Waals surface area contributed by atoms with Crippen molar-refractivity contribution in [3.05, 3.63) is 4.47 Å². The SMILES string of the molecule is CC(C)n1nc(N)c(Br)c1N. The molecule has 0 aromatic carbocycles. The van der Waals surface area contributed by atoms with Crippen LogP contribution < -0.4 is 11.5 Å². The maximum Gasteiger partial charge on any atom is 0.162 e. The molecule has 0 fully saturated rings. The number of rotatable bonds is 1. The fraction of sp³-hybridized carbons (Fsp3) is 0.500. The lowest BCUT2D eigenvalue weighted by Crippen LogP contribution is -2.06. The van der Waals surface area contributed by atoms with E-state index >= 15 is 0 Å². The molecule has 0 radical (unpaired) electrons. The van der Waals surface area contributed by atoms with Crippen LogP contribution in [0.1, 0.15) is 19.9 Å². The molecule has 0 unspecified atom stereocenters. The molecule has 0 aliphatic carbocycles. The highest BCUT2D eigenvalue weighted by atomic mass is 79.9. The fourth-order valence-corrected chi connectivity index (χ4v) is 1.10. The predicted octanol–water partition coefficient (Wildman–Crippen LogP) is 1.39. The van der Waals surface area contributed by atoms with Crippen LogP contribution in [0.5, 0.6) is 0 Å². The van der Waals surface area contributed by atoms with Crippen molar-refractivity contribution >= 4 is 27.6 Å². The second kappa shape index (κ2) is 2.73. The summed E-state index contributed by atoms with van der Waals surface area (Å²) < 4.78 is 2.37. The molecule has 0 aliphatic rings. The van der Waals surface area contributed by atoms with Crippen molar-refractivity contribution in [2.75, 3.05) is 11.5 Å². The van der Waals surface area contributed by atoms with Gasteiger partial charge in [0.1, 0.15) is 10.3 Å². The minimum absolute atomic E-state index is 0.239. The zero-order chi connectivity index (χ0) is 8.59. The fourth-order valence-electron chi connectivity index (χ4n) is 0.839. The topological polar surface area (TPSA) is 69.9 Å². The van der Waals surface area contributed by atoms with Crippen molar-refractivity contribution in [2.24, 2.45) is 0 Å². The van der Waals surface area contributed by atoms with Gasteiger partial charge in [-0.05, 0) is 29.8 Å². The summed E-state index contributed by atoms with van der Waals surface area (Å²) in [5.74, 6) is 1.02. The zero-order valence-corrected chi connectivity index (χ0v) is 8.09. The van der Waals surface area contributed by atoms with Gasteiger partial charge in [0.2, 0.25) is 0 Å². The largest absolute Gasteiger partial charge is 0.383 e. The van der Waals surface area contributed by atoms with Gasteiger partial charge in [0.15, 0.2) is 5.82 Å². The Morgan fingerprint density at radius 2 is 2.00 bits per heavy atom. The highest BCUT2D eigenvalue weighted by Crippen LogP contribution is 2.27. The van der Waals surface area contributed by atoms with Crippen LogP contribution in [0.3, 0.4) is 0 Å². The zero-order valence-electron chi connectivity index (χ0n) is 6.50. The highest BCUT2D eigenvalue weighted by Gasteiger charge is 2.11. The molecule has 0 aliphatic heterocycles. The summed E-state index contributed by atoms with van der Waals surface area (Å²) in [7, 11) is 0. The van der Waals surface area contributed by atoms with Crippen LogP contribution in [0.15, 0.2) is 4.47 Å². The average molecular weight is 219 g/mol. The summed E-state index contributed by atoms with van der Waals surface area (Å²) in [6.07, 6.45) is 0. The minimum Gasteiger partial charge on any atom is -0.383 e. The van der Waals surface area contributed by atoms with Crippen LogP contribution in [0.2, 0.25) is 0 Å². The third kappa shape index (κ3) is 1.33. The number of nitrogens with zero attached hydrogens (tertiary/aromatic N) is 2. The highest BCUT2D eigenvalue weighted by molar-refractivity contribution is 9.10. The van der Waals surface area contributed by atoms with Crippen molar-refractivity contribution < 1.29 is 0 Å². The molecular weight excluding hydrogens is 208 g/mol. The summed E-state index contributed by atoms with van der Waals surface area (Å²) in [4.78, 5) is 0. The predicted molar refractivity (Wildman–Crippen MR) is 49.1 cm³/mol. The first-order valence-electron chi connectivity index (χ1n) is 3.33. The molecule has 0 saturated carbocycles.